The number of piperazine rings is 1. The van der Waals surface area contributed by atoms with Gasteiger partial charge in [0.1, 0.15) is 12.2 Å². The van der Waals surface area contributed by atoms with E-state index in [1.165, 1.54) is 0 Å². The summed E-state index contributed by atoms with van der Waals surface area (Å²) in [7, 11) is 0. The van der Waals surface area contributed by atoms with Crippen LogP contribution in [0.5, 0.6) is 0 Å². The number of carbonyl (C=O) groups excluding carboxylic acids is 1. The summed E-state index contributed by atoms with van der Waals surface area (Å²) in [6.07, 6.45) is -2.10. The molecule has 0 bridgehead atoms. The Balaban J connectivity index is 1.99. The van der Waals surface area contributed by atoms with Crippen LogP contribution < -0.4 is 5.32 Å². The van der Waals surface area contributed by atoms with Gasteiger partial charge in [-0.3, -0.25) is 4.79 Å². The van der Waals surface area contributed by atoms with Gasteiger partial charge in [0.05, 0.1) is 0 Å². The van der Waals surface area contributed by atoms with E-state index in [4.69, 9.17) is 0 Å². The Labute approximate surface area is 119 Å². The minimum atomic E-state index is -1.10. The zero-order valence-corrected chi connectivity index (χ0v) is 11.2. The molecule has 0 aromatic heterocycles. The van der Waals surface area contributed by atoms with Crippen LogP contribution in [0.15, 0.2) is 0 Å². The van der Waals surface area contributed by atoms with Gasteiger partial charge in [-0.05, 0) is 12.8 Å². The molecule has 0 spiro atoms. The van der Waals surface area contributed by atoms with Crippen LogP contribution in [-0.2, 0) is 14.5 Å². The third-order valence-corrected chi connectivity index (χ3v) is 3.67. The summed E-state index contributed by atoms with van der Waals surface area (Å²) < 4.78 is 0. The molecule has 1 saturated carbocycles. The molecular weight excluding hydrogens is 288 g/mol. The third kappa shape index (κ3) is 3.90. The van der Waals surface area contributed by atoms with Crippen LogP contribution in [0.2, 0.25) is 0 Å². The van der Waals surface area contributed by atoms with Crippen LogP contribution in [0.4, 0.5) is 0 Å². The fourth-order valence-corrected chi connectivity index (χ4v) is 2.75. The Morgan fingerprint density at radius 3 is 1.95 bits per heavy atom. The van der Waals surface area contributed by atoms with Crippen molar-refractivity contribution in [3.8, 4) is 0 Å². The van der Waals surface area contributed by atoms with E-state index in [-0.39, 0.29) is 18.7 Å². The Morgan fingerprint density at radius 2 is 1.52 bits per heavy atom. The smallest absolute Gasteiger partial charge is 0.294 e. The summed E-state index contributed by atoms with van der Waals surface area (Å²) in [5, 5.41) is 21.9. The second-order valence-corrected chi connectivity index (χ2v) is 4.98. The molecule has 2 aliphatic rings. The molecule has 118 valence electrons. The van der Waals surface area contributed by atoms with Crippen molar-refractivity contribution >= 4 is 5.91 Å². The van der Waals surface area contributed by atoms with Gasteiger partial charge in [0.25, 0.3) is 10.2 Å². The number of nitrogens with one attached hydrogen (secondary N) is 1. The second-order valence-electron chi connectivity index (χ2n) is 4.98. The van der Waals surface area contributed by atoms with Crippen LogP contribution in [0.1, 0.15) is 12.8 Å². The van der Waals surface area contributed by atoms with Gasteiger partial charge in [-0.15, -0.1) is 20.2 Å². The van der Waals surface area contributed by atoms with Gasteiger partial charge in [0.15, 0.2) is 0 Å². The Kier molecular flexibility index (Phi) is 4.73. The maximum atomic E-state index is 12.3. The Hall–Kier alpha value is -2.17. The monoisotopic (exact) mass is 304 g/mol. The van der Waals surface area contributed by atoms with Crippen LogP contribution in [0, 0.1) is 26.1 Å². The molecule has 21 heavy (non-hydrogen) atoms. The van der Waals surface area contributed by atoms with Crippen molar-refractivity contribution in [2.24, 2.45) is 5.92 Å². The molecule has 11 heteroatoms. The van der Waals surface area contributed by atoms with Crippen LogP contribution in [0.3, 0.4) is 0 Å². The largest absolute Gasteiger partial charge is 0.340 e. The molecule has 0 aromatic carbocycles. The van der Waals surface area contributed by atoms with Crippen molar-refractivity contribution < 1.29 is 24.6 Å². The van der Waals surface area contributed by atoms with Gasteiger partial charge < -0.3 is 19.9 Å². The molecule has 0 radical (unpaired) electrons. The minimum Gasteiger partial charge on any atom is -0.340 e. The molecule has 2 rings (SSSR count). The van der Waals surface area contributed by atoms with Gasteiger partial charge >= 0.3 is 0 Å². The number of amides is 1. The first-order valence-corrected chi connectivity index (χ1v) is 6.59. The summed E-state index contributed by atoms with van der Waals surface area (Å²) in [5.41, 5.74) is 0. The lowest BCUT2D eigenvalue weighted by atomic mass is 10.1. The predicted molar refractivity (Wildman–Crippen MR) is 65.9 cm³/mol. The quantitative estimate of drug-likeness (QED) is 0.503. The number of hydrogen-bond acceptors (Lipinski definition) is 8. The highest BCUT2D eigenvalue weighted by molar-refractivity contribution is 5.79. The van der Waals surface area contributed by atoms with E-state index >= 15 is 0 Å². The average molecular weight is 304 g/mol. The first-order chi connectivity index (χ1) is 9.97. The zero-order chi connectivity index (χ0) is 15.4. The van der Waals surface area contributed by atoms with E-state index in [2.05, 4.69) is 15.0 Å². The predicted octanol–water partition coefficient (Wildman–Crippen LogP) is -1.02. The lowest BCUT2D eigenvalue weighted by Gasteiger charge is -2.29. The molecule has 1 aliphatic heterocycles. The van der Waals surface area contributed by atoms with E-state index in [0.717, 1.165) is 0 Å². The van der Waals surface area contributed by atoms with Gasteiger partial charge in [-0.2, -0.15) is 0 Å². The first-order valence-electron chi connectivity index (χ1n) is 6.59. The van der Waals surface area contributed by atoms with Crippen molar-refractivity contribution in [2.75, 3.05) is 26.2 Å². The van der Waals surface area contributed by atoms with Gasteiger partial charge in [-0.25, -0.2) is 0 Å². The molecule has 1 N–H and O–H groups in total. The number of nitrogens with zero attached hydrogens (tertiary/aromatic N) is 3. The van der Waals surface area contributed by atoms with E-state index < -0.39 is 28.3 Å². The van der Waals surface area contributed by atoms with Crippen LogP contribution >= 0.6 is 0 Å². The first kappa shape index (κ1) is 15.2. The fraction of sp³-hybridized carbons (Fsp3) is 0.900. The lowest BCUT2D eigenvalue weighted by Crippen LogP contribution is -2.48. The summed E-state index contributed by atoms with van der Waals surface area (Å²) >= 11 is 0. The Bertz CT molecular complexity index is 402. The molecule has 11 nitrogen and oxygen atoms in total. The van der Waals surface area contributed by atoms with Crippen molar-refractivity contribution in [2.45, 2.75) is 25.0 Å². The second kappa shape index (κ2) is 6.52. The normalized spacial score (nSPS) is 29.0. The molecular formula is C10H16N4O7. The number of hydrogen-bond donors (Lipinski definition) is 1. The van der Waals surface area contributed by atoms with E-state index in [9.17, 15) is 25.0 Å². The molecule has 0 unspecified atom stereocenters. The highest BCUT2D eigenvalue weighted by Gasteiger charge is 2.43. The highest BCUT2D eigenvalue weighted by atomic mass is 17.0. The zero-order valence-electron chi connectivity index (χ0n) is 11.2. The van der Waals surface area contributed by atoms with Crippen molar-refractivity contribution in [1.82, 2.24) is 10.2 Å². The fourth-order valence-electron chi connectivity index (χ4n) is 2.75. The van der Waals surface area contributed by atoms with Gasteiger partial charge in [0, 0.05) is 32.1 Å². The molecule has 1 heterocycles. The van der Waals surface area contributed by atoms with Crippen LogP contribution in [0.25, 0.3) is 0 Å². The topological polar surface area (TPSA) is 137 Å². The van der Waals surface area contributed by atoms with Gasteiger partial charge in [0.2, 0.25) is 5.91 Å². The number of rotatable bonds is 5. The molecule has 1 aliphatic carbocycles. The third-order valence-electron chi connectivity index (χ3n) is 3.67. The molecule has 2 fully saturated rings. The summed E-state index contributed by atoms with van der Waals surface area (Å²) in [5.74, 6) is -0.721. The maximum absolute atomic E-state index is 12.3. The summed E-state index contributed by atoms with van der Waals surface area (Å²) in [6, 6.07) is 0. The highest BCUT2D eigenvalue weighted by Crippen LogP contribution is 2.32. The SMILES string of the molecule is O=C([C@H]1C[C@H](O[N+](=O)[O-])[C@H](O[N+](=O)[O-])C1)N1CCNCC1. The van der Waals surface area contributed by atoms with Crippen molar-refractivity contribution in [1.29, 1.82) is 0 Å². The van der Waals surface area contributed by atoms with E-state index in [1.54, 1.807) is 4.90 Å². The minimum absolute atomic E-state index is 0.0439. The average Bonchev–Trinajstić information content (AvgIpc) is 2.80. The maximum Gasteiger partial charge on any atom is 0.294 e. The standard InChI is InChI=1S/C10H16N4O7/c15-10(12-3-1-11-2-4-12)7-5-8(20-13(16)17)9(6-7)21-14(18)19/h7-9,11H,1-6H2/t7-,8-,9+. The van der Waals surface area contributed by atoms with E-state index in [1.807, 2.05) is 0 Å². The molecule has 3 atom stereocenters. The lowest BCUT2D eigenvalue weighted by molar-refractivity contribution is -0.797. The summed E-state index contributed by atoms with van der Waals surface area (Å²) in [4.78, 5) is 43.6. The van der Waals surface area contributed by atoms with Crippen LogP contribution in [-0.4, -0.2) is 59.4 Å². The molecule has 0 aromatic rings. The van der Waals surface area contributed by atoms with Crippen molar-refractivity contribution in [3.05, 3.63) is 20.2 Å². The molecule has 1 amide bonds. The number of carbonyl (C=O) groups is 1. The van der Waals surface area contributed by atoms with Crippen molar-refractivity contribution in [3.63, 3.8) is 0 Å². The van der Waals surface area contributed by atoms with E-state index in [0.29, 0.717) is 26.2 Å². The molecule has 1 saturated heterocycles. The van der Waals surface area contributed by atoms with Gasteiger partial charge in [-0.1, -0.05) is 0 Å². The summed E-state index contributed by atoms with van der Waals surface area (Å²) in [6.45, 7) is 2.47. The Morgan fingerprint density at radius 1 is 1.05 bits per heavy atom.